The number of hydrogen-bond acceptors (Lipinski definition) is 3. The van der Waals surface area contributed by atoms with E-state index in [2.05, 4.69) is 21.2 Å². The monoisotopic (exact) mass is 300 g/mol. The molecule has 92 valence electrons. The van der Waals surface area contributed by atoms with E-state index in [0.717, 1.165) is 4.47 Å². The van der Waals surface area contributed by atoms with Crippen molar-refractivity contribution in [3.8, 4) is 6.07 Å². The minimum Gasteiger partial charge on any atom is -0.362 e. The van der Waals surface area contributed by atoms with Gasteiger partial charge in [-0.1, -0.05) is 15.9 Å². The molecular formula is C12H14BrFN2O. The second-order valence-corrected chi connectivity index (χ2v) is 4.47. The highest BCUT2D eigenvalue weighted by molar-refractivity contribution is 9.10. The zero-order valence-corrected chi connectivity index (χ0v) is 11.1. The first-order chi connectivity index (χ1) is 8.13. The largest absolute Gasteiger partial charge is 0.362 e. The molecule has 0 saturated heterocycles. The van der Waals surface area contributed by atoms with Crippen LogP contribution in [-0.2, 0) is 11.3 Å². The van der Waals surface area contributed by atoms with Crippen LogP contribution < -0.4 is 5.32 Å². The maximum Gasteiger partial charge on any atom is 0.141 e. The molecule has 0 saturated carbocycles. The predicted molar refractivity (Wildman–Crippen MR) is 66.8 cm³/mol. The zero-order chi connectivity index (χ0) is 12.7. The Labute approximate surface area is 109 Å². The first-order valence-electron chi connectivity index (χ1n) is 5.29. The molecule has 0 heterocycles. The molecule has 0 aliphatic heterocycles. The van der Waals surface area contributed by atoms with E-state index in [1.807, 2.05) is 6.07 Å². The van der Waals surface area contributed by atoms with Crippen molar-refractivity contribution in [1.29, 1.82) is 5.26 Å². The molecule has 5 heteroatoms. The van der Waals surface area contributed by atoms with Crippen LogP contribution in [0.2, 0.25) is 0 Å². The van der Waals surface area contributed by atoms with Gasteiger partial charge in [0.1, 0.15) is 11.9 Å². The topological polar surface area (TPSA) is 45.0 Å². The third-order valence-corrected chi connectivity index (χ3v) is 2.64. The first-order valence-corrected chi connectivity index (χ1v) is 6.08. The van der Waals surface area contributed by atoms with Crippen LogP contribution in [0.5, 0.6) is 0 Å². The van der Waals surface area contributed by atoms with E-state index < -0.39 is 6.10 Å². The molecule has 0 fully saturated rings. The maximum atomic E-state index is 13.3. The Morgan fingerprint density at radius 3 is 3.06 bits per heavy atom. The van der Waals surface area contributed by atoms with Gasteiger partial charge >= 0.3 is 0 Å². The second-order valence-electron chi connectivity index (χ2n) is 3.55. The van der Waals surface area contributed by atoms with Crippen molar-refractivity contribution >= 4 is 15.9 Å². The van der Waals surface area contributed by atoms with Gasteiger partial charge in [0.15, 0.2) is 0 Å². The maximum absolute atomic E-state index is 13.3. The summed E-state index contributed by atoms with van der Waals surface area (Å²) in [6, 6.07) is 6.80. The summed E-state index contributed by atoms with van der Waals surface area (Å²) in [5.41, 5.74) is 0.604. The SMILES string of the molecule is CC(C#N)OCCNCc1cc(Br)ccc1F. The minimum atomic E-state index is -0.403. The van der Waals surface area contributed by atoms with Gasteiger partial charge in [-0.05, 0) is 25.1 Å². The van der Waals surface area contributed by atoms with Crippen LogP contribution in [0, 0.1) is 17.1 Å². The fourth-order valence-corrected chi connectivity index (χ4v) is 1.66. The van der Waals surface area contributed by atoms with Crippen molar-refractivity contribution in [2.75, 3.05) is 13.2 Å². The van der Waals surface area contributed by atoms with Crippen LogP contribution in [0.1, 0.15) is 12.5 Å². The smallest absolute Gasteiger partial charge is 0.141 e. The van der Waals surface area contributed by atoms with Crippen molar-refractivity contribution in [2.45, 2.75) is 19.6 Å². The standard InChI is InChI=1S/C12H14BrFN2O/c1-9(7-15)17-5-4-16-8-10-6-11(13)2-3-12(10)14/h2-3,6,9,16H,4-5,8H2,1H3. The summed E-state index contributed by atoms with van der Waals surface area (Å²) in [5, 5.41) is 11.5. The highest BCUT2D eigenvalue weighted by atomic mass is 79.9. The van der Waals surface area contributed by atoms with Gasteiger partial charge in [0.2, 0.25) is 0 Å². The first kappa shape index (κ1) is 14.1. The van der Waals surface area contributed by atoms with E-state index in [-0.39, 0.29) is 5.82 Å². The molecule has 1 N–H and O–H groups in total. The molecule has 3 nitrogen and oxygen atoms in total. The summed E-state index contributed by atoms with van der Waals surface area (Å²) in [5.74, 6) is -0.230. The normalized spacial score (nSPS) is 12.1. The lowest BCUT2D eigenvalue weighted by molar-refractivity contribution is 0.104. The van der Waals surface area contributed by atoms with Crippen LogP contribution in [0.4, 0.5) is 4.39 Å². The molecule has 0 amide bonds. The summed E-state index contributed by atoms with van der Waals surface area (Å²) < 4.78 is 19.3. The second kappa shape index (κ2) is 7.38. The number of nitrogens with one attached hydrogen (secondary N) is 1. The van der Waals surface area contributed by atoms with Crippen molar-refractivity contribution in [2.24, 2.45) is 0 Å². The van der Waals surface area contributed by atoms with E-state index >= 15 is 0 Å². The van der Waals surface area contributed by atoms with Gasteiger partial charge in [-0.15, -0.1) is 0 Å². The molecule has 1 atom stereocenters. The third kappa shape index (κ3) is 5.26. The van der Waals surface area contributed by atoms with Gasteiger partial charge in [-0.25, -0.2) is 4.39 Å². The summed E-state index contributed by atoms with van der Waals surface area (Å²) in [4.78, 5) is 0. The van der Waals surface area contributed by atoms with Crippen LogP contribution in [0.15, 0.2) is 22.7 Å². The van der Waals surface area contributed by atoms with E-state index in [1.165, 1.54) is 6.07 Å². The summed E-state index contributed by atoms with van der Waals surface area (Å²) in [7, 11) is 0. The van der Waals surface area contributed by atoms with E-state index in [9.17, 15) is 4.39 Å². The molecule has 1 unspecified atom stereocenters. The highest BCUT2D eigenvalue weighted by Gasteiger charge is 2.02. The van der Waals surface area contributed by atoms with Crippen molar-refractivity contribution in [3.63, 3.8) is 0 Å². The molecule has 0 aliphatic rings. The lowest BCUT2D eigenvalue weighted by Gasteiger charge is -2.08. The Balaban J connectivity index is 2.27. The number of halogens is 2. The summed E-state index contributed by atoms with van der Waals surface area (Å²) in [6.07, 6.45) is -0.403. The molecule has 1 aromatic rings. The van der Waals surface area contributed by atoms with E-state index in [1.54, 1.807) is 19.1 Å². The van der Waals surface area contributed by atoms with E-state index in [0.29, 0.717) is 25.3 Å². The predicted octanol–water partition coefficient (Wildman–Crippen LogP) is 2.61. The molecule has 1 rings (SSSR count). The van der Waals surface area contributed by atoms with Crippen molar-refractivity contribution in [1.82, 2.24) is 5.32 Å². The summed E-state index contributed by atoms with van der Waals surface area (Å²) >= 11 is 3.29. The molecule has 0 aliphatic carbocycles. The van der Waals surface area contributed by atoms with Crippen molar-refractivity contribution < 1.29 is 9.13 Å². The number of ether oxygens (including phenoxy) is 1. The Hall–Kier alpha value is -0.960. The highest BCUT2D eigenvalue weighted by Crippen LogP contribution is 2.15. The van der Waals surface area contributed by atoms with Gasteiger partial charge in [0.05, 0.1) is 12.7 Å². The molecule has 0 spiro atoms. The van der Waals surface area contributed by atoms with Crippen LogP contribution >= 0.6 is 15.9 Å². The molecule has 0 aromatic heterocycles. The fourth-order valence-electron chi connectivity index (χ4n) is 1.25. The Morgan fingerprint density at radius 2 is 2.35 bits per heavy atom. The quantitative estimate of drug-likeness (QED) is 0.822. The average Bonchev–Trinajstić information content (AvgIpc) is 2.32. The fraction of sp³-hybridized carbons (Fsp3) is 0.417. The molecule has 17 heavy (non-hydrogen) atoms. The lowest BCUT2D eigenvalue weighted by Crippen LogP contribution is -2.21. The summed E-state index contributed by atoms with van der Waals surface area (Å²) in [6.45, 7) is 3.14. The van der Waals surface area contributed by atoms with Gasteiger partial charge in [0, 0.05) is 23.1 Å². The van der Waals surface area contributed by atoms with Gasteiger partial charge in [-0.3, -0.25) is 0 Å². The molecular weight excluding hydrogens is 287 g/mol. The van der Waals surface area contributed by atoms with Crippen LogP contribution in [0.3, 0.4) is 0 Å². The Bertz CT molecular complexity index is 406. The van der Waals surface area contributed by atoms with Crippen LogP contribution in [0.25, 0.3) is 0 Å². The van der Waals surface area contributed by atoms with Gasteiger partial charge in [0.25, 0.3) is 0 Å². The Kier molecular flexibility index (Phi) is 6.12. The lowest BCUT2D eigenvalue weighted by atomic mass is 10.2. The molecule has 0 radical (unpaired) electrons. The van der Waals surface area contributed by atoms with Gasteiger partial charge < -0.3 is 10.1 Å². The number of nitriles is 1. The zero-order valence-electron chi connectivity index (χ0n) is 9.54. The molecule has 1 aromatic carbocycles. The number of nitrogens with zero attached hydrogens (tertiary/aromatic N) is 1. The number of benzene rings is 1. The van der Waals surface area contributed by atoms with Crippen molar-refractivity contribution in [3.05, 3.63) is 34.1 Å². The Morgan fingerprint density at radius 1 is 1.59 bits per heavy atom. The minimum absolute atomic E-state index is 0.230. The van der Waals surface area contributed by atoms with Crippen LogP contribution in [-0.4, -0.2) is 19.3 Å². The number of hydrogen-bond donors (Lipinski definition) is 1. The van der Waals surface area contributed by atoms with E-state index in [4.69, 9.17) is 10.00 Å². The number of rotatable bonds is 6. The molecule has 0 bridgehead atoms. The van der Waals surface area contributed by atoms with Gasteiger partial charge in [-0.2, -0.15) is 5.26 Å². The average molecular weight is 301 g/mol. The third-order valence-electron chi connectivity index (χ3n) is 2.15.